The van der Waals surface area contributed by atoms with Gasteiger partial charge in [-0.05, 0) is 30.3 Å². The fourth-order valence-electron chi connectivity index (χ4n) is 1.73. The maximum atomic E-state index is 11.9. The van der Waals surface area contributed by atoms with Crippen molar-refractivity contribution in [2.75, 3.05) is 6.54 Å². The summed E-state index contributed by atoms with van der Waals surface area (Å²) in [5.41, 5.74) is 3.24. The second kappa shape index (κ2) is 8.82. The third-order valence-corrected chi connectivity index (χ3v) is 4.03. The molecule has 0 spiro atoms. The van der Waals surface area contributed by atoms with Crippen LogP contribution in [0, 0.1) is 0 Å². The van der Waals surface area contributed by atoms with Crippen molar-refractivity contribution in [2.45, 2.75) is 0 Å². The number of nitrogens with zero attached hydrogens (tertiary/aromatic N) is 1. The zero-order valence-electron chi connectivity index (χ0n) is 12.2. The topological polar surface area (TPSA) is 70.6 Å². The third-order valence-electron chi connectivity index (χ3n) is 2.88. The molecule has 0 bridgehead atoms. The van der Waals surface area contributed by atoms with Gasteiger partial charge in [-0.2, -0.15) is 5.10 Å². The summed E-state index contributed by atoms with van der Waals surface area (Å²) in [5, 5.41) is 7.12. The summed E-state index contributed by atoms with van der Waals surface area (Å²) in [4.78, 5) is 23.6. The molecule has 2 N–H and O–H groups in total. The van der Waals surface area contributed by atoms with Gasteiger partial charge in [-0.1, -0.05) is 51.3 Å². The Kier molecular flexibility index (Phi) is 6.78. The molecule has 5 nitrogen and oxygen atoms in total. The molecule has 0 aromatic heterocycles. The van der Waals surface area contributed by atoms with E-state index in [9.17, 15) is 9.59 Å². The van der Waals surface area contributed by atoms with Gasteiger partial charge in [-0.15, -0.1) is 0 Å². The number of hydrogen-bond acceptors (Lipinski definition) is 3. The number of amides is 2. The van der Waals surface area contributed by atoms with Crippen LogP contribution in [0.25, 0.3) is 0 Å². The van der Waals surface area contributed by atoms with Gasteiger partial charge in [0.15, 0.2) is 0 Å². The number of halogens is 3. The lowest BCUT2D eigenvalue weighted by Gasteiger charge is -2.05. The Balaban J connectivity index is 1.85. The largest absolute Gasteiger partial charge is 0.343 e. The summed E-state index contributed by atoms with van der Waals surface area (Å²) in [6.45, 7) is -0.209. The monoisotopic (exact) mass is 427 g/mol. The normalized spacial score (nSPS) is 10.6. The highest BCUT2D eigenvalue weighted by atomic mass is 79.9. The van der Waals surface area contributed by atoms with Crippen molar-refractivity contribution in [2.24, 2.45) is 5.10 Å². The molecule has 2 amide bonds. The summed E-state index contributed by atoms with van der Waals surface area (Å²) in [7, 11) is 0. The van der Waals surface area contributed by atoms with Crippen molar-refractivity contribution in [3.8, 4) is 0 Å². The molecule has 0 unspecified atom stereocenters. The van der Waals surface area contributed by atoms with Crippen LogP contribution >= 0.6 is 39.1 Å². The Morgan fingerprint density at radius 2 is 1.79 bits per heavy atom. The van der Waals surface area contributed by atoms with E-state index in [1.54, 1.807) is 42.5 Å². The first-order valence-electron chi connectivity index (χ1n) is 6.77. The van der Waals surface area contributed by atoms with E-state index in [0.29, 0.717) is 21.2 Å². The Hall–Kier alpha value is -1.89. The molecule has 8 heteroatoms. The van der Waals surface area contributed by atoms with E-state index in [1.165, 1.54) is 6.21 Å². The van der Waals surface area contributed by atoms with Gasteiger partial charge in [-0.3, -0.25) is 9.59 Å². The van der Waals surface area contributed by atoms with Crippen LogP contribution in [0.3, 0.4) is 0 Å². The van der Waals surface area contributed by atoms with Crippen LogP contribution in [0.1, 0.15) is 15.9 Å². The number of rotatable bonds is 5. The van der Waals surface area contributed by atoms with E-state index < -0.39 is 5.91 Å². The lowest BCUT2D eigenvalue weighted by molar-refractivity contribution is -0.120. The Morgan fingerprint density at radius 3 is 2.46 bits per heavy atom. The minimum atomic E-state index is -0.474. The number of carbonyl (C=O) groups excluding carboxylic acids is 2. The van der Waals surface area contributed by atoms with E-state index in [4.69, 9.17) is 23.2 Å². The van der Waals surface area contributed by atoms with Crippen molar-refractivity contribution in [3.05, 3.63) is 68.1 Å². The molecule has 0 aliphatic heterocycles. The summed E-state index contributed by atoms with van der Waals surface area (Å²) < 4.78 is 0.779. The number of benzene rings is 2. The molecule has 2 rings (SSSR count). The highest BCUT2D eigenvalue weighted by molar-refractivity contribution is 9.10. The highest BCUT2D eigenvalue weighted by Crippen LogP contribution is 2.21. The number of hydrogen-bond donors (Lipinski definition) is 2. The molecule has 2 aromatic carbocycles. The average molecular weight is 429 g/mol. The van der Waals surface area contributed by atoms with Crippen molar-refractivity contribution >= 4 is 57.2 Å². The molecule has 0 aliphatic carbocycles. The molecule has 2 aromatic rings. The molecule has 0 fully saturated rings. The number of hydrazone groups is 1. The van der Waals surface area contributed by atoms with Crippen LogP contribution in [0.2, 0.25) is 10.0 Å². The van der Waals surface area contributed by atoms with Crippen LogP contribution in [-0.4, -0.2) is 24.6 Å². The maximum absolute atomic E-state index is 11.9. The predicted molar refractivity (Wildman–Crippen MR) is 98.7 cm³/mol. The van der Waals surface area contributed by atoms with Crippen molar-refractivity contribution in [3.63, 3.8) is 0 Å². The minimum absolute atomic E-state index is 0.209. The fourth-order valence-corrected chi connectivity index (χ4v) is 2.63. The first-order valence-corrected chi connectivity index (χ1v) is 8.32. The van der Waals surface area contributed by atoms with Crippen LogP contribution in [-0.2, 0) is 4.79 Å². The Labute approximate surface area is 157 Å². The summed E-state index contributed by atoms with van der Waals surface area (Å²) >= 11 is 15.2. The van der Waals surface area contributed by atoms with E-state index in [1.807, 2.05) is 0 Å². The molecule has 0 atom stereocenters. The standard InChI is InChI=1S/C16H12BrCl2N3O2/c17-11-4-1-3-10(7-11)16(24)20-9-15(23)22-21-8-12-13(18)5-2-6-14(12)19/h1-8H,9H2,(H,20,24)(H,22,23)/b21-8+. The molecule has 0 heterocycles. The van der Waals surface area contributed by atoms with Gasteiger partial charge in [0.2, 0.25) is 0 Å². The molecule has 0 saturated heterocycles. The third kappa shape index (κ3) is 5.33. The Morgan fingerprint density at radius 1 is 1.12 bits per heavy atom. The van der Waals surface area contributed by atoms with Gasteiger partial charge in [0.05, 0.1) is 22.8 Å². The molecule has 24 heavy (non-hydrogen) atoms. The molecule has 0 saturated carbocycles. The van der Waals surface area contributed by atoms with Gasteiger partial charge in [0.25, 0.3) is 11.8 Å². The van der Waals surface area contributed by atoms with Gasteiger partial charge >= 0.3 is 0 Å². The fraction of sp³-hybridized carbons (Fsp3) is 0.0625. The van der Waals surface area contributed by atoms with Crippen LogP contribution in [0.5, 0.6) is 0 Å². The average Bonchev–Trinajstić information content (AvgIpc) is 2.55. The SMILES string of the molecule is O=C(CNC(=O)c1cccc(Br)c1)N/N=C/c1c(Cl)cccc1Cl. The van der Waals surface area contributed by atoms with Crippen molar-refractivity contribution < 1.29 is 9.59 Å². The molecule has 0 radical (unpaired) electrons. The quantitative estimate of drug-likeness (QED) is 0.563. The molecule has 124 valence electrons. The first-order chi connectivity index (χ1) is 11.5. The van der Waals surface area contributed by atoms with E-state index >= 15 is 0 Å². The molecular weight excluding hydrogens is 417 g/mol. The lowest BCUT2D eigenvalue weighted by atomic mass is 10.2. The van der Waals surface area contributed by atoms with E-state index in [-0.39, 0.29) is 12.5 Å². The van der Waals surface area contributed by atoms with E-state index in [0.717, 1.165) is 4.47 Å². The predicted octanol–water partition coefficient (Wildman–Crippen LogP) is 3.64. The molecule has 0 aliphatic rings. The summed E-state index contributed by atoms with van der Waals surface area (Å²) in [6, 6.07) is 11.9. The number of nitrogens with one attached hydrogen (secondary N) is 2. The molecular formula is C16H12BrCl2N3O2. The van der Waals surface area contributed by atoms with Gasteiger partial charge in [0, 0.05) is 15.6 Å². The first kappa shape index (κ1) is 18.4. The van der Waals surface area contributed by atoms with Gasteiger partial charge in [0.1, 0.15) is 0 Å². The second-order valence-corrected chi connectivity index (χ2v) is 6.35. The zero-order chi connectivity index (χ0) is 17.5. The lowest BCUT2D eigenvalue weighted by Crippen LogP contribution is -2.34. The smallest absolute Gasteiger partial charge is 0.259 e. The highest BCUT2D eigenvalue weighted by Gasteiger charge is 2.08. The van der Waals surface area contributed by atoms with Crippen molar-refractivity contribution in [1.82, 2.24) is 10.7 Å². The summed E-state index contributed by atoms with van der Waals surface area (Å²) in [6.07, 6.45) is 1.35. The van der Waals surface area contributed by atoms with Crippen LogP contribution in [0.15, 0.2) is 52.0 Å². The van der Waals surface area contributed by atoms with Crippen LogP contribution < -0.4 is 10.7 Å². The van der Waals surface area contributed by atoms with Crippen molar-refractivity contribution in [1.29, 1.82) is 0 Å². The minimum Gasteiger partial charge on any atom is -0.343 e. The van der Waals surface area contributed by atoms with Crippen LogP contribution in [0.4, 0.5) is 0 Å². The van der Waals surface area contributed by atoms with E-state index in [2.05, 4.69) is 31.8 Å². The zero-order valence-corrected chi connectivity index (χ0v) is 15.3. The van der Waals surface area contributed by atoms with Gasteiger partial charge < -0.3 is 5.32 Å². The maximum Gasteiger partial charge on any atom is 0.259 e. The number of carbonyl (C=O) groups is 2. The Bertz CT molecular complexity index is 776. The second-order valence-electron chi connectivity index (χ2n) is 4.62. The van der Waals surface area contributed by atoms with Gasteiger partial charge in [-0.25, -0.2) is 5.43 Å². The summed E-state index contributed by atoms with van der Waals surface area (Å²) in [5.74, 6) is -0.831.